The van der Waals surface area contributed by atoms with Gasteiger partial charge in [-0.3, -0.25) is 9.78 Å². The van der Waals surface area contributed by atoms with Gasteiger partial charge in [0.2, 0.25) is 0 Å². The minimum atomic E-state index is -0.0139. The summed E-state index contributed by atoms with van der Waals surface area (Å²) in [7, 11) is 0. The van der Waals surface area contributed by atoms with Crippen LogP contribution in [-0.4, -0.2) is 27.3 Å². The summed E-state index contributed by atoms with van der Waals surface area (Å²) >= 11 is 1.42. The predicted molar refractivity (Wildman–Crippen MR) is 94.5 cm³/mol. The zero-order valence-electron chi connectivity index (χ0n) is 13.0. The molecule has 1 aromatic carbocycles. The molecule has 1 aliphatic rings. The molecule has 0 radical (unpaired) electrons. The predicted octanol–water partition coefficient (Wildman–Crippen LogP) is 3.48. The minimum absolute atomic E-state index is 0.0139. The van der Waals surface area contributed by atoms with Crippen molar-refractivity contribution in [3.05, 3.63) is 71.0 Å². The second kappa shape index (κ2) is 6.41. The van der Waals surface area contributed by atoms with E-state index in [2.05, 4.69) is 27.4 Å². The highest BCUT2D eigenvalue weighted by Crippen LogP contribution is 2.24. The van der Waals surface area contributed by atoms with E-state index < -0.39 is 0 Å². The average Bonchev–Trinajstić information content (AvgIpc) is 3.10. The van der Waals surface area contributed by atoms with Gasteiger partial charge in [-0.2, -0.15) is 0 Å². The monoisotopic (exact) mass is 336 g/mol. The third kappa shape index (κ3) is 3.00. The molecule has 4 rings (SSSR count). The van der Waals surface area contributed by atoms with Crippen molar-refractivity contribution in [1.82, 2.24) is 14.9 Å². The van der Waals surface area contributed by atoms with Crippen LogP contribution in [0.3, 0.4) is 0 Å². The summed E-state index contributed by atoms with van der Waals surface area (Å²) in [5, 5.41) is 5.68. The molecule has 0 spiro atoms. The van der Waals surface area contributed by atoms with Gasteiger partial charge >= 0.3 is 0 Å². The molecule has 0 unspecified atom stereocenters. The molecular formula is C18H16N4OS. The van der Waals surface area contributed by atoms with E-state index in [-0.39, 0.29) is 5.91 Å². The number of carbonyl (C=O) groups is 1. The van der Waals surface area contributed by atoms with Crippen molar-refractivity contribution in [2.24, 2.45) is 0 Å². The summed E-state index contributed by atoms with van der Waals surface area (Å²) in [5.74, 6) is -0.0139. The Morgan fingerprint density at radius 3 is 2.88 bits per heavy atom. The number of thiazole rings is 1. The third-order valence-electron chi connectivity index (χ3n) is 4.05. The van der Waals surface area contributed by atoms with Crippen molar-refractivity contribution in [3.63, 3.8) is 0 Å². The number of nitrogens with zero attached hydrogens (tertiary/aromatic N) is 3. The topological polar surface area (TPSA) is 58.1 Å². The Bertz CT molecular complexity index is 862. The second-order valence-electron chi connectivity index (χ2n) is 5.65. The van der Waals surface area contributed by atoms with Crippen LogP contribution in [0.2, 0.25) is 0 Å². The van der Waals surface area contributed by atoms with Crippen LogP contribution in [0, 0.1) is 0 Å². The van der Waals surface area contributed by atoms with Gasteiger partial charge < -0.3 is 10.2 Å². The van der Waals surface area contributed by atoms with Gasteiger partial charge in [0.15, 0.2) is 5.13 Å². The Kier molecular flexibility index (Phi) is 3.96. The lowest BCUT2D eigenvalue weighted by molar-refractivity contribution is 0.0729. The molecule has 1 N–H and O–H groups in total. The van der Waals surface area contributed by atoms with Gasteiger partial charge in [-0.15, -0.1) is 11.3 Å². The molecule has 0 bridgehead atoms. The van der Waals surface area contributed by atoms with E-state index in [1.807, 2.05) is 34.5 Å². The molecule has 3 heterocycles. The number of nitrogens with one attached hydrogen (secondary N) is 1. The standard InChI is InChI=1S/C18H16N4OS/c23-17(22-9-7-13-4-1-2-5-14(13)11-22)16-12-24-18(21-16)20-15-6-3-8-19-10-15/h1-6,8,10,12H,7,9,11H2,(H,20,21). The van der Waals surface area contributed by atoms with Crippen molar-refractivity contribution in [2.75, 3.05) is 11.9 Å². The van der Waals surface area contributed by atoms with Crippen molar-refractivity contribution in [2.45, 2.75) is 13.0 Å². The summed E-state index contributed by atoms with van der Waals surface area (Å²) in [5.41, 5.74) is 3.91. The summed E-state index contributed by atoms with van der Waals surface area (Å²) in [4.78, 5) is 23.1. The maximum Gasteiger partial charge on any atom is 0.273 e. The average molecular weight is 336 g/mol. The Morgan fingerprint density at radius 1 is 1.17 bits per heavy atom. The van der Waals surface area contributed by atoms with E-state index in [4.69, 9.17) is 0 Å². The van der Waals surface area contributed by atoms with Crippen LogP contribution in [0.15, 0.2) is 54.2 Å². The first kappa shape index (κ1) is 14.8. The summed E-state index contributed by atoms with van der Waals surface area (Å²) in [6.45, 7) is 1.39. The molecule has 2 aromatic heterocycles. The smallest absolute Gasteiger partial charge is 0.273 e. The Labute approximate surface area is 144 Å². The number of fused-ring (bicyclic) bond motifs is 1. The molecule has 0 fully saturated rings. The van der Waals surface area contributed by atoms with Gasteiger partial charge in [0, 0.05) is 24.7 Å². The SMILES string of the molecule is O=C(c1csc(Nc2cccnc2)n1)N1CCc2ccccc2C1. The molecule has 120 valence electrons. The molecule has 0 aliphatic carbocycles. The maximum atomic E-state index is 12.7. The van der Waals surface area contributed by atoms with E-state index in [1.54, 1.807) is 12.4 Å². The number of pyridine rings is 1. The van der Waals surface area contributed by atoms with E-state index >= 15 is 0 Å². The lowest BCUT2D eigenvalue weighted by Crippen LogP contribution is -2.36. The van der Waals surface area contributed by atoms with Gasteiger partial charge in [-0.1, -0.05) is 24.3 Å². The van der Waals surface area contributed by atoms with E-state index in [0.717, 1.165) is 18.7 Å². The molecule has 3 aromatic rings. The van der Waals surface area contributed by atoms with Crippen LogP contribution in [-0.2, 0) is 13.0 Å². The van der Waals surface area contributed by atoms with Crippen LogP contribution in [0.4, 0.5) is 10.8 Å². The van der Waals surface area contributed by atoms with Crippen LogP contribution in [0.5, 0.6) is 0 Å². The van der Waals surface area contributed by atoms with Crippen LogP contribution >= 0.6 is 11.3 Å². The molecular weight excluding hydrogens is 320 g/mol. The first-order valence-corrected chi connectivity index (χ1v) is 8.66. The van der Waals surface area contributed by atoms with Crippen LogP contribution in [0.1, 0.15) is 21.6 Å². The lowest BCUT2D eigenvalue weighted by Gasteiger charge is -2.28. The molecule has 1 amide bonds. The maximum absolute atomic E-state index is 12.7. The third-order valence-corrected chi connectivity index (χ3v) is 4.81. The fraction of sp³-hybridized carbons (Fsp3) is 0.167. The number of amides is 1. The van der Waals surface area contributed by atoms with Crippen molar-refractivity contribution < 1.29 is 4.79 Å². The number of hydrogen-bond donors (Lipinski definition) is 1. The van der Waals surface area contributed by atoms with Gasteiger partial charge in [0.05, 0.1) is 11.9 Å². The quantitative estimate of drug-likeness (QED) is 0.795. The molecule has 0 atom stereocenters. The Hall–Kier alpha value is -2.73. The summed E-state index contributed by atoms with van der Waals surface area (Å²) < 4.78 is 0. The molecule has 1 aliphatic heterocycles. The fourth-order valence-corrected chi connectivity index (χ4v) is 3.53. The van der Waals surface area contributed by atoms with Crippen molar-refractivity contribution in [3.8, 4) is 0 Å². The van der Waals surface area contributed by atoms with Crippen LogP contribution < -0.4 is 5.32 Å². The number of rotatable bonds is 3. The number of anilines is 2. The zero-order chi connectivity index (χ0) is 16.4. The van der Waals surface area contributed by atoms with Gasteiger partial charge in [0.25, 0.3) is 5.91 Å². The second-order valence-corrected chi connectivity index (χ2v) is 6.51. The van der Waals surface area contributed by atoms with Crippen molar-refractivity contribution >= 4 is 28.1 Å². The first-order chi connectivity index (χ1) is 11.8. The van der Waals surface area contributed by atoms with E-state index in [1.165, 1.54) is 22.5 Å². The number of hydrogen-bond acceptors (Lipinski definition) is 5. The molecule has 0 saturated heterocycles. The van der Waals surface area contributed by atoms with Gasteiger partial charge in [0.1, 0.15) is 5.69 Å². The van der Waals surface area contributed by atoms with E-state index in [9.17, 15) is 4.79 Å². The fourth-order valence-electron chi connectivity index (χ4n) is 2.82. The summed E-state index contributed by atoms with van der Waals surface area (Å²) in [6, 6.07) is 12.1. The highest BCUT2D eigenvalue weighted by molar-refractivity contribution is 7.14. The first-order valence-electron chi connectivity index (χ1n) is 7.78. The lowest BCUT2D eigenvalue weighted by atomic mass is 10.00. The van der Waals surface area contributed by atoms with Gasteiger partial charge in [-0.05, 0) is 29.7 Å². The summed E-state index contributed by atoms with van der Waals surface area (Å²) in [6.07, 6.45) is 4.34. The molecule has 24 heavy (non-hydrogen) atoms. The Balaban J connectivity index is 1.48. The van der Waals surface area contributed by atoms with Crippen LogP contribution in [0.25, 0.3) is 0 Å². The molecule has 5 nitrogen and oxygen atoms in total. The highest BCUT2D eigenvalue weighted by atomic mass is 32.1. The highest BCUT2D eigenvalue weighted by Gasteiger charge is 2.23. The molecule has 6 heteroatoms. The molecule has 0 saturated carbocycles. The van der Waals surface area contributed by atoms with E-state index in [0.29, 0.717) is 17.4 Å². The zero-order valence-corrected chi connectivity index (χ0v) is 13.8. The Morgan fingerprint density at radius 2 is 2.04 bits per heavy atom. The van der Waals surface area contributed by atoms with Gasteiger partial charge in [-0.25, -0.2) is 4.98 Å². The largest absolute Gasteiger partial charge is 0.333 e. The number of carbonyl (C=O) groups excluding carboxylic acids is 1. The normalized spacial score (nSPS) is 13.4. The number of aromatic nitrogens is 2. The number of benzene rings is 1. The van der Waals surface area contributed by atoms with Crippen molar-refractivity contribution in [1.29, 1.82) is 0 Å². The minimum Gasteiger partial charge on any atom is -0.333 e.